The van der Waals surface area contributed by atoms with Gasteiger partial charge in [-0.3, -0.25) is 14.5 Å². The van der Waals surface area contributed by atoms with Gasteiger partial charge in [0.1, 0.15) is 0 Å². The minimum Gasteiger partial charge on any atom is -0.340 e. The van der Waals surface area contributed by atoms with Crippen LogP contribution in [0, 0.1) is 5.92 Å². The summed E-state index contributed by atoms with van der Waals surface area (Å²) < 4.78 is 23.4. The van der Waals surface area contributed by atoms with Crippen LogP contribution in [-0.2, 0) is 19.4 Å². The van der Waals surface area contributed by atoms with E-state index in [4.69, 9.17) is 0 Å². The Morgan fingerprint density at radius 1 is 1.10 bits per heavy atom. The molecule has 7 nitrogen and oxygen atoms in total. The summed E-state index contributed by atoms with van der Waals surface area (Å²) in [6.07, 6.45) is 0.969. The van der Waals surface area contributed by atoms with E-state index < -0.39 is 9.84 Å². The first-order chi connectivity index (χ1) is 13.8. The monoisotopic (exact) mass is 419 g/mol. The van der Waals surface area contributed by atoms with Gasteiger partial charge in [0.15, 0.2) is 9.84 Å². The van der Waals surface area contributed by atoms with E-state index >= 15 is 0 Å². The quantitative estimate of drug-likeness (QED) is 0.726. The van der Waals surface area contributed by atoms with Gasteiger partial charge in [-0.2, -0.15) is 0 Å². The molecule has 8 heteroatoms. The number of carbonyl (C=O) groups excluding carboxylic acids is 2. The SMILES string of the molecule is C[C@H](c1ccccc1)N1C[C@@H](C(=O)N2CCN([C@@H]3CCS(=O)(=O)C3)CC2)CC1=O. The Kier molecular flexibility index (Phi) is 5.66. The van der Waals surface area contributed by atoms with Gasteiger partial charge in [-0.25, -0.2) is 8.42 Å². The Hall–Kier alpha value is -1.93. The van der Waals surface area contributed by atoms with Gasteiger partial charge < -0.3 is 9.80 Å². The largest absolute Gasteiger partial charge is 0.340 e. The molecule has 2 amide bonds. The molecule has 3 aliphatic rings. The normalized spacial score (nSPS) is 28.7. The van der Waals surface area contributed by atoms with Gasteiger partial charge in [0.25, 0.3) is 0 Å². The minimum absolute atomic E-state index is 0.0366. The van der Waals surface area contributed by atoms with E-state index in [2.05, 4.69) is 4.90 Å². The van der Waals surface area contributed by atoms with Gasteiger partial charge >= 0.3 is 0 Å². The molecule has 29 heavy (non-hydrogen) atoms. The molecule has 0 N–H and O–H groups in total. The number of hydrogen-bond donors (Lipinski definition) is 0. The number of rotatable bonds is 4. The van der Waals surface area contributed by atoms with Gasteiger partial charge in [0, 0.05) is 45.2 Å². The molecule has 3 atom stereocenters. The van der Waals surface area contributed by atoms with Crippen molar-refractivity contribution in [3.8, 4) is 0 Å². The summed E-state index contributed by atoms with van der Waals surface area (Å²) in [4.78, 5) is 31.5. The zero-order valence-corrected chi connectivity index (χ0v) is 17.7. The van der Waals surface area contributed by atoms with Crippen LogP contribution in [-0.4, -0.2) is 85.2 Å². The molecule has 0 bridgehead atoms. The van der Waals surface area contributed by atoms with Crippen molar-refractivity contribution in [1.29, 1.82) is 0 Å². The number of carbonyl (C=O) groups is 2. The average Bonchev–Trinajstić information content (AvgIpc) is 3.29. The molecule has 0 aliphatic carbocycles. The van der Waals surface area contributed by atoms with Gasteiger partial charge in [0.05, 0.1) is 23.5 Å². The highest BCUT2D eigenvalue weighted by atomic mass is 32.2. The third-order valence-corrected chi connectivity index (χ3v) is 8.36. The van der Waals surface area contributed by atoms with Crippen LogP contribution in [0.15, 0.2) is 30.3 Å². The molecule has 0 spiro atoms. The fourth-order valence-corrected chi connectivity index (χ4v) is 6.57. The van der Waals surface area contributed by atoms with Crippen molar-refractivity contribution in [2.75, 3.05) is 44.2 Å². The third kappa shape index (κ3) is 4.33. The highest BCUT2D eigenvalue weighted by Gasteiger charge is 2.40. The van der Waals surface area contributed by atoms with Crippen LogP contribution in [0.1, 0.15) is 31.4 Å². The zero-order valence-electron chi connectivity index (χ0n) is 16.9. The van der Waals surface area contributed by atoms with Crippen LogP contribution in [0.4, 0.5) is 0 Å². The molecule has 3 saturated heterocycles. The van der Waals surface area contributed by atoms with E-state index in [1.807, 2.05) is 47.1 Å². The number of nitrogens with zero attached hydrogens (tertiary/aromatic N) is 3. The first-order valence-corrected chi connectivity index (χ1v) is 12.2. The molecular formula is C21H29N3O4S. The van der Waals surface area contributed by atoms with Crippen LogP contribution in [0.2, 0.25) is 0 Å². The molecule has 0 saturated carbocycles. The van der Waals surface area contributed by atoms with Gasteiger partial charge in [0.2, 0.25) is 11.8 Å². The highest BCUT2D eigenvalue weighted by Crippen LogP contribution is 2.30. The molecule has 158 valence electrons. The van der Waals surface area contributed by atoms with E-state index in [1.165, 1.54) is 0 Å². The Morgan fingerprint density at radius 2 is 1.79 bits per heavy atom. The maximum Gasteiger partial charge on any atom is 0.228 e. The molecule has 0 radical (unpaired) electrons. The summed E-state index contributed by atoms with van der Waals surface area (Å²) in [5.41, 5.74) is 1.08. The Labute approximate surface area is 172 Å². The molecule has 3 heterocycles. The minimum atomic E-state index is -2.90. The second-order valence-electron chi connectivity index (χ2n) is 8.45. The topological polar surface area (TPSA) is 78.0 Å². The number of hydrogen-bond acceptors (Lipinski definition) is 5. The van der Waals surface area contributed by atoms with Gasteiger partial charge in [-0.15, -0.1) is 0 Å². The third-order valence-electron chi connectivity index (χ3n) is 6.61. The predicted molar refractivity (Wildman–Crippen MR) is 110 cm³/mol. The van der Waals surface area contributed by atoms with Crippen molar-refractivity contribution in [3.05, 3.63) is 35.9 Å². The van der Waals surface area contributed by atoms with Crippen molar-refractivity contribution in [2.24, 2.45) is 5.92 Å². The molecule has 3 aliphatic heterocycles. The number of sulfone groups is 1. The molecule has 1 aromatic rings. The van der Waals surface area contributed by atoms with E-state index in [-0.39, 0.29) is 47.7 Å². The number of likely N-dealkylation sites (tertiary alicyclic amines) is 1. The van der Waals surface area contributed by atoms with Crippen molar-refractivity contribution in [1.82, 2.24) is 14.7 Å². The Bertz CT molecular complexity index is 865. The first-order valence-electron chi connectivity index (χ1n) is 10.4. The fourth-order valence-electron chi connectivity index (χ4n) is 4.81. The average molecular weight is 420 g/mol. The lowest BCUT2D eigenvalue weighted by atomic mass is 10.1. The van der Waals surface area contributed by atoms with Crippen LogP contribution < -0.4 is 0 Å². The summed E-state index contributed by atoms with van der Waals surface area (Å²) in [7, 11) is -2.90. The van der Waals surface area contributed by atoms with Crippen molar-refractivity contribution < 1.29 is 18.0 Å². The summed E-state index contributed by atoms with van der Waals surface area (Å²) in [5.74, 6) is 0.322. The van der Waals surface area contributed by atoms with Crippen molar-refractivity contribution >= 4 is 21.7 Å². The first kappa shape index (κ1) is 20.3. The van der Waals surface area contributed by atoms with E-state index in [9.17, 15) is 18.0 Å². The molecule has 0 unspecified atom stereocenters. The van der Waals surface area contributed by atoms with Crippen LogP contribution in [0.5, 0.6) is 0 Å². The molecule has 3 fully saturated rings. The van der Waals surface area contributed by atoms with Crippen molar-refractivity contribution in [3.63, 3.8) is 0 Å². The fraction of sp³-hybridized carbons (Fsp3) is 0.619. The van der Waals surface area contributed by atoms with Gasteiger partial charge in [-0.05, 0) is 18.9 Å². The van der Waals surface area contributed by atoms with Crippen molar-refractivity contribution in [2.45, 2.75) is 31.8 Å². The zero-order chi connectivity index (χ0) is 20.6. The number of benzene rings is 1. The summed E-state index contributed by atoms with van der Waals surface area (Å²) in [5, 5.41) is 0. The second-order valence-corrected chi connectivity index (χ2v) is 10.7. The maximum absolute atomic E-state index is 13.0. The summed E-state index contributed by atoms with van der Waals surface area (Å²) in [6, 6.07) is 9.95. The lowest BCUT2D eigenvalue weighted by Gasteiger charge is -2.38. The van der Waals surface area contributed by atoms with E-state index in [0.717, 1.165) is 5.56 Å². The molecule has 0 aromatic heterocycles. The summed E-state index contributed by atoms with van der Waals surface area (Å²) >= 11 is 0. The molecule has 4 rings (SSSR count). The maximum atomic E-state index is 13.0. The number of piperazine rings is 1. The summed E-state index contributed by atoms with van der Waals surface area (Å²) in [6.45, 7) is 5.10. The lowest BCUT2D eigenvalue weighted by molar-refractivity contribution is -0.137. The predicted octanol–water partition coefficient (Wildman–Crippen LogP) is 0.927. The van der Waals surface area contributed by atoms with Crippen LogP contribution in [0.25, 0.3) is 0 Å². The van der Waals surface area contributed by atoms with E-state index in [1.54, 1.807) is 0 Å². The Morgan fingerprint density at radius 3 is 2.41 bits per heavy atom. The molecular weight excluding hydrogens is 390 g/mol. The van der Waals surface area contributed by atoms with Crippen LogP contribution in [0.3, 0.4) is 0 Å². The molecule has 1 aromatic carbocycles. The highest BCUT2D eigenvalue weighted by molar-refractivity contribution is 7.91. The van der Waals surface area contributed by atoms with Crippen LogP contribution >= 0.6 is 0 Å². The smallest absolute Gasteiger partial charge is 0.228 e. The lowest BCUT2D eigenvalue weighted by Crippen LogP contribution is -2.53. The van der Waals surface area contributed by atoms with Gasteiger partial charge in [-0.1, -0.05) is 30.3 Å². The van der Waals surface area contributed by atoms with E-state index in [0.29, 0.717) is 39.1 Å². The standard InChI is InChI=1S/C21H29N3O4S/c1-16(17-5-3-2-4-6-17)24-14-18(13-20(24)25)21(26)23-10-8-22(9-11-23)19-7-12-29(27,28)15-19/h2-6,16,18-19H,7-15H2,1H3/t16-,18+,19-/m1/s1. The Balaban J connectivity index is 1.32. The number of amides is 2. The second kappa shape index (κ2) is 8.07.